The molecule has 0 aliphatic carbocycles. The van der Waals surface area contributed by atoms with Crippen molar-refractivity contribution < 1.29 is 4.74 Å². The van der Waals surface area contributed by atoms with E-state index in [4.69, 9.17) is 10.5 Å². The molecule has 0 bridgehead atoms. The fourth-order valence-electron chi connectivity index (χ4n) is 1.71. The summed E-state index contributed by atoms with van der Waals surface area (Å²) in [6, 6.07) is 16.1. The summed E-state index contributed by atoms with van der Waals surface area (Å²) < 4.78 is 6.73. The lowest BCUT2D eigenvalue weighted by molar-refractivity contribution is 0.124. The van der Waals surface area contributed by atoms with E-state index in [9.17, 15) is 0 Å². The molecule has 0 aromatic heterocycles. The zero-order chi connectivity index (χ0) is 12.8. The molecule has 94 valence electrons. The van der Waals surface area contributed by atoms with E-state index in [1.165, 1.54) is 5.56 Å². The van der Waals surface area contributed by atoms with E-state index in [2.05, 4.69) is 28.1 Å². The number of nitrogen functional groups attached to an aromatic ring is 1. The van der Waals surface area contributed by atoms with Crippen molar-refractivity contribution in [2.45, 2.75) is 13.0 Å². The molecule has 18 heavy (non-hydrogen) atoms. The van der Waals surface area contributed by atoms with Crippen LogP contribution in [0.15, 0.2) is 53.0 Å². The minimum Gasteiger partial charge on any atom is -0.399 e. The molecule has 0 radical (unpaired) electrons. The minimum absolute atomic E-state index is 0.639. The number of para-hydroxylation sites is 1. The van der Waals surface area contributed by atoms with Crippen molar-refractivity contribution in [3.8, 4) is 0 Å². The largest absolute Gasteiger partial charge is 0.399 e. The molecule has 0 heterocycles. The highest BCUT2D eigenvalue weighted by Crippen LogP contribution is 2.13. The number of rotatable bonds is 5. The standard InChI is InChI=1S/C15H16BrNO/c16-14-7-5-12(6-8-14)11-18-10-9-13-3-1-2-4-15(13)17/h1-8H,9-11,17H2. The first-order valence-electron chi connectivity index (χ1n) is 5.91. The summed E-state index contributed by atoms with van der Waals surface area (Å²) in [6.45, 7) is 1.32. The summed E-state index contributed by atoms with van der Waals surface area (Å²) in [6.07, 6.45) is 0.850. The Morgan fingerprint density at radius 1 is 1.00 bits per heavy atom. The number of benzene rings is 2. The second-order valence-electron chi connectivity index (χ2n) is 4.13. The number of nitrogens with two attached hydrogens (primary N) is 1. The van der Waals surface area contributed by atoms with Crippen LogP contribution in [0.2, 0.25) is 0 Å². The van der Waals surface area contributed by atoms with Gasteiger partial charge in [0.2, 0.25) is 0 Å². The predicted octanol–water partition coefficient (Wildman–Crippen LogP) is 3.79. The van der Waals surface area contributed by atoms with Gasteiger partial charge in [-0.3, -0.25) is 0 Å². The molecule has 0 atom stereocenters. The molecule has 0 aliphatic rings. The van der Waals surface area contributed by atoms with E-state index in [1.54, 1.807) is 0 Å². The Morgan fingerprint density at radius 2 is 1.72 bits per heavy atom. The number of hydrogen-bond donors (Lipinski definition) is 1. The third kappa shape index (κ3) is 3.86. The second-order valence-corrected chi connectivity index (χ2v) is 5.04. The Balaban J connectivity index is 1.76. The van der Waals surface area contributed by atoms with Crippen molar-refractivity contribution in [2.75, 3.05) is 12.3 Å². The summed E-state index contributed by atoms with van der Waals surface area (Å²) in [5.41, 5.74) is 9.03. The number of halogens is 1. The van der Waals surface area contributed by atoms with Crippen LogP contribution >= 0.6 is 15.9 Å². The molecule has 0 aliphatic heterocycles. The summed E-state index contributed by atoms with van der Waals surface area (Å²) in [5.74, 6) is 0. The Hall–Kier alpha value is -1.32. The van der Waals surface area contributed by atoms with E-state index in [0.717, 1.165) is 22.1 Å². The smallest absolute Gasteiger partial charge is 0.0717 e. The van der Waals surface area contributed by atoms with Gasteiger partial charge in [0, 0.05) is 10.2 Å². The topological polar surface area (TPSA) is 35.2 Å². The lowest BCUT2D eigenvalue weighted by atomic mass is 10.1. The van der Waals surface area contributed by atoms with Crippen LogP contribution in [-0.2, 0) is 17.8 Å². The van der Waals surface area contributed by atoms with Crippen LogP contribution < -0.4 is 5.73 Å². The lowest BCUT2D eigenvalue weighted by Crippen LogP contribution is -2.01. The molecule has 0 unspecified atom stereocenters. The Morgan fingerprint density at radius 3 is 2.44 bits per heavy atom. The molecule has 3 heteroatoms. The quantitative estimate of drug-likeness (QED) is 0.674. The summed E-state index contributed by atoms with van der Waals surface area (Å²) >= 11 is 3.41. The van der Waals surface area contributed by atoms with Gasteiger partial charge in [0.25, 0.3) is 0 Å². The third-order valence-electron chi connectivity index (χ3n) is 2.75. The number of hydrogen-bond acceptors (Lipinski definition) is 2. The summed E-state index contributed by atoms with van der Waals surface area (Å²) in [7, 11) is 0. The van der Waals surface area contributed by atoms with E-state index >= 15 is 0 Å². The molecule has 0 fully saturated rings. The molecule has 2 aromatic rings. The molecular formula is C15H16BrNO. The van der Waals surface area contributed by atoms with Gasteiger partial charge in [-0.25, -0.2) is 0 Å². The Bertz CT molecular complexity index is 496. The SMILES string of the molecule is Nc1ccccc1CCOCc1ccc(Br)cc1. The highest BCUT2D eigenvalue weighted by atomic mass is 79.9. The van der Waals surface area contributed by atoms with Gasteiger partial charge in [0.15, 0.2) is 0 Å². The van der Waals surface area contributed by atoms with Crippen LogP contribution in [0.5, 0.6) is 0 Å². The van der Waals surface area contributed by atoms with Crippen molar-refractivity contribution >= 4 is 21.6 Å². The molecule has 0 amide bonds. The molecule has 0 spiro atoms. The zero-order valence-corrected chi connectivity index (χ0v) is 11.7. The average Bonchev–Trinajstić information content (AvgIpc) is 2.39. The van der Waals surface area contributed by atoms with Crippen molar-refractivity contribution in [1.82, 2.24) is 0 Å². The van der Waals surface area contributed by atoms with Crippen molar-refractivity contribution in [1.29, 1.82) is 0 Å². The molecule has 0 saturated heterocycles. The first-order valence-corrected chi connectivity index (χ1v) is 6.70. The van der Waals surface area contributed by atoms with Crippen molar-refractivity contribution in [2.24, 2.45) is 0 Å². The van der Waals surface area contributed by atoms with Crippen LogP contribution in [0.4, 0.5) is 5.69 Å². The van der Waals surface area contributed by atoms with Gasteiger partial charge >= 0.3 is 0 Å². The van der Waals surface area contributed by atoms with Gasteiger partial charge in [0.05, 0.1) is 13.2 Å². The van der Waals surface area contributed by atoms with E-state index in [-0.39, 0.29) is 0 Å². The Labute approximate surface area is 116 Å². The van der Waals surface area contributed by atoms with E-state index in [1.807, 2.05) is 36.4 Å². The van der Waals surface area contributed by atoms with Gasteiger partial charge in [0.1, 0.15) is 0 Å². The number of anilines is 1. The molecular weight excluding hydrogens is 290 g/mol. The van der Waals surface area contributed by atoms with Gasteiger partial charge < -0.3 is 10.5 Å². The maximum absolute atomic E-state index is 5.87. The molecule has 2 nitrogen and oxygen atoms in total. The highest BCUT2D eigenvalue weighted by molar-refractivity contribution is 9.10. The number of ether oxygens (including phenoxy) is 1. The first-order chi connectivity index (χ1) is 8.75. The van der Waals surface area contributed by atoms with Crippen LogP contribution in [0, 0.1) is 0 Å². The predicted molar refractivity (Wildman–Crippen MR) is 78.4 cm³/mol. The highest BCUT2D eigenvalue weighted by Gasteiger charge is 1.98. The second kappa shape index (κ2) is 6.57. The van der Waals surface area contributed by atoms with Crippen molar-refractivity contribution in [3.63, 3.8) is 0 Å². The fraction of sp³-hybridized carbons (Fsp3) is 0.200. The first kappa shape index (κ1) is 13.1. The van der Waals surface area contributed by atoms with Crippen LogP contribution in [0.25, 0.3) is 0 Å². The molecule has 2 N–H and O–H groups in total. The monoisotopic (exact) mass is 305 g/mol. The van der Waals surface area contributed by atoms with Crippen LogP contribution in [0.1, 0.15) is 11.1 Å². The maximum Gasteiger partial charge on any atom is 0.0717 e. The molecule has 2 rings (SSSR count). The summed E-state index contributed by atoms with van der Waals surface area (Å²) in [5, 5.41) is 0. The van der Waals surface area contributed by atoms with E-state index in [0.29, 0.717) is 13.2 Å². The third-order valence-corrected chi connectivity index (χ3v) is 3.28. The van der Waals surface area contributed by atoms with Gasteiger partial charge in [-0.1, -0.05) is 46.3 Å². The van der Waals surface area contributed by atoms with Crippen LogP contribution in [-0.4, -0.2) is 6.61 Å². The fourth-order valence-corrected chi connectivity index (χ4v) is 1.98. The Kier molecular flexibility index (Phi) is 4.79. The van der Waals surface area contributed by atoms with E-state index < -0.39 is 0 Å². The normalized spacial score (nSPS) is 10.5. The molecule has 0 saturated carbocycles. The van der Waals surface area contributed by atoms with Gasteiger partial charge in [-0.15, -0.1) is 0 Å². The van der Waals surface area contributed by atoms with Crippen LogP contribution in [0.3, 0.4) is 0 Å². The zero-order valence-electron chi connectivity index (χ0n) is 10.1. The maximum atomic E-state index is 5.87. The minimum atomic E-state index is 0.639. The lowest BCUT2D eigenvalue weighted by Gasteiger charge is -2.07. The van der Waals surface area contributed by atoms with Crippen molar-refractivity contribution in [3.05, 3.63) is 64.1 Å². The summed E-state index contributed by atoms with van der Waals surface area (Å²) in [4.78, 5) is 0. The molecule has 2 aromatic carbocycles. The van der Waals surface area contributed by atoms with Gasteiger partial charge in [-0.05, 0) is 35.7 Å². The average molecular weight is 306 g/mol. The van der Waals surface area contributed by atoms with Gasteiger partial charge in [-0.2, -0.15) is 0 Å².